The van der Waals surface area contributed by atoms with Crippen molar-refractivity contribution in [1.82, 2.24) is 4.57 Å². The molecule has 0 atom stereocenters. The molecule has 1 aliphatic carbocycles. The van der Waals surface area contributed by atoms with E-state index in [1.165, 1.54) is 12.1 Å². The molecule has 0 spiro atoms. The normalized spacial score (nSPS) is 16.6. The Morgan fingerprint density at radius 3 is 2.71 bits per heavy atom. The topological polar surface area (TPSA) is 4.93 Å². The molecule has 3 rings (SSSR count). The van der Waals surface area contributed by atoms with Crippen molar-refractivity contribution in [3.05, 3.63) is 58.6 Å². The molecule has 0 N–H and O–H groups in total. The van der Waals surface area contributed by atoms with Gasteiger partial charge in [-0.2, -0.15) is 0 Å². The van der Waals surface area contributed by atoms with Crippen LogP contribution in [0, 0.1) is 5.82 Å². The summed E-state index contributed by atoms with van der Waals surface area (Å²) in [4.78, 5) is 0. The molecule has 1 aromatic carbocycles. The van der Waals surface area contributed by atoms with Crippen LogP contribution in [0.5, 0.6) is 0 Å². The van der Waals surface area contributed by atoms with Crippen LogP contribution in [0.2, 0.25) is 5.02 Å². The highest BCUT2D eigenvalue weighted by atomic mass is 35.5. The minimum absolute atomic E-state index is 0.205. The SMILES string of the molecule is C=Cc1cn(-c2cc(F)cc(Cl)c2)c2c1CC(F)(F)CC2. The molecule has 0 aliphatic heterocycles. The number of nitrogens with zero attached hydrogens (tertiary/aromatic N) is 1. The van der Waals surface area contributed by atoms with Crippen molar-refractivity contribution in [1.29, 1.82) is 0 Å². The molecule has 0 fully saturated rings. The Bertz CT molecular complexity index is 698. The second-order valence-corrected chi connectivity index (χ2v) is 5.68. The van der Waals surface area contributed by atoms with E-state index in [2.05, 4.69) is 6.58 Å². The Balaban J connectivity index is 2.17. The van der Waals surface area contributed by atoms with Gasteiger partial charge in [0.1, 0.15) is 5.82 Å². The zero-order valence-corrected chi connectivity index (χ0v) is 11.9. The molecule has 5 heteroatoms. The van der Waals surface area contributed by atoms with Crippen molar-refractivity contribution in [2.75, 3.05) is 0 Å². The summed E-state index contributed by atoms with van der Waals surface area (Å²) in [5.74, 6) is -3.16. The maximum absolute atomic E-state index is 13.6. The first-order chi connectivity index (χ1) is 9.89. The molecule has 0 radical (unpaired) electrons. The fourth-order valence-corrected chi connectivity index (χ4v) is 3.03. The average Bonchev–Trinajstić information content (AvgIpc) is 2.74. The molecule has 0 saturated carbocycles. The molecule has 0 bridgehead atoms. The van der Waals surface area contributed by atoms with Crippen LogP contribution in [0.3, 0.4) is 0 Å². The fourth-order valence-electron chi connectivity index (χ4n) is 2.82. The van der Waals surface area contributed by atoms with E-state index in [0.29, 0.717) is 16.8 Å². The van der Waals surface area contributed by atoms with Crippen LogP contribution in [-0.4, -0.2) is 10.5 Å². The number of alkyl halides is 2. The van der Waals surface area contributed by atoms with Crippen molar-refractivity contribution in [3.8, 4) is 5.69 Å². The largest absolute Gasteiger partial charge is 0.320 e. The van der Waals surface area contributed by atoms with E-state index in [9.17, 15) is 13.2 Å². The van der Waals surface area contributed by atoms with Crippen molar-refractivity contribution in [2.45, 2.75) is 25.2 Å². The summed E-state index contributed by atoms with van der Waals surface area (Å²) in [6.45, 7) is 3.67. The summed E-state index contributed by atoms with van der Waals surface area (Å²) in [7, 11) is 0. The summed E-state index contributed by atoms with van der Waals surface area (Å²) in [6.07, 6.45) is 3.00. The van der Waals surface area contributed by atoms with Crippen LogP contribution in [0.4, 0.5) is 13.2 Å². The van der Waals surface area contributed by atoms with Crippen LogP contribution in [-0.2, 0) is 12.8 Å². The zero-order chi connectivity index (χ0) is 15.2. The van der Waals surface area contributed by atoms with Crippen LogP contribution in [0.15, 0.2) is 31.0 Å². The molecular weight excluding hydrogens is 299 g/mol. The first-order valence-electron chi connectivity index (χ1n) is 6.59. The van der Waals surface area contributed by atoms with Gasteiger partial charge in [-0.05, 0) is 35.7 Å². The highest BCUT2D eigenvalue weighted by Crippen LogP contribution is 2.37. The number of aromatic nitrogens is 1. The highest BCUT2D eigenvalue weighted by Gasteiger charge is 2.36. The van der Waals surface area contributed by atoms with Gasteiger partial charge in [-0.3, -0.25) is 0 Å². The zero-order valence-electron chi connectivity index (χ0n) is 11.2. The Morgan fingerprint density at radius 2 is 2.05 bits per heavy atom. The van der Waals surface area contributed by atoms with Gasteiger partial charge in [0.25, 0.3) is 5.92 Å². The number of hydrogen-bond donors (Lipinski definition) is 0. The Kier molecular flexibility index (Phi) is 3.36. The van der Waals surface area contributed by atoms with E-state index in [4.69, 9.17) is 11.6 Å². The predicted molar refractivity (Wildman–Crippen MR) is 77.8 cm³/mol. The lowest BCUT2D eigenvalue weighted by Crippen LogP contribution is -2.26. The number of halogens is 4. The van der Waals surface area contributed by atoms with E-state index in [0.717, 1.165) is 5.69 Å². The van der Waals surface area contributed by atoms with Crippen molar-refractivity contribution in [3.63, 3.8) is 0 Å². The smallest absolute Gasteiger partial charge is 0.252 e. The summed E-state index contributed by atoms with van der Waals surface area (Å²) in [5, 5.41) is 0.272. The van der Waals surface area contributed by atoms with Crippen LogP contribution in [0.25, 0.3) is 11.8 Å². The summed E-state index contributed by atoms with van der Waals surface area (Å²) >= 11 is 5.88. The molecule has 1 heterocycles. The van der Waals surface area contributed by atoms with Gasteiger partial charge in [-0.25, -0.2) is 13.2 Å². The standard InChI is InChI=1S/C16H13ClF3N/c1-2-10-9-21(13-6-11(17)5-12(18)7-13)15-3-4-16(19,20)8-14(10)15/h2,5-7,9H,1,3-4,8H2. The Labute approximate surface area is 125 Å². The van der Waals surface area contributed by atoms with Gasteiger partial charge in [0, 0.05) is 35.4 Å². The maximum atomic E-state index is 13.6. The van der Waals surface area contributed by atoms with Crippen molar-refractivity contribution < 1.29 is 13.2 Å². The Hall–Kier alpha value is -1.68. The molecule has 1 aliphatic rings. The van der Waals surface area contributed by atoms with Gasteiger partial charge in [0.2, 0.25) is 0 Å². The average molecular weight is 312 g/mol. The third-order valence-corrected chi connectivity index (χ3v) is 3.98. The maximum Gasteiger partial charge on any atom is 0.252 e. The van der Waals surface area contributed by atoms with E-state index in [1.807, 2.05) is 0 Å². The van der Waals surface area contributed by atoms with Crippen molar-refractivity contribution in [2.24, 2.45) is 0 Å². The molecule has 0 amide bonds. The van der Waals surface area contributed by atoms with E-state index < -0.39 is 11.7 Å². The van der Waals surface area contributed by atoms with Crippen molar-refractivity contribution >= 4 is 17.7 Å². The number of rotatable bonds is 2. The van der Waals surface area contributed by atoms with E-state index in [1.54, 1.807) is 22.9 Å². The van der Waals surface area contributed by atoms with Gasteiger partial charge in [0.15, 0.2) is 0 Å². The lowest BCUT2D eigenvalue weighted by Gasteiger charge is -2.24. The molecule has 0 unspecified atom stereocenters. The minimum Gasteiger partial charge on any atom is -0.320 e. The third-order valence-electron chi connectivity index (χ3n) is 3.76. The molecular formula is C16H13ClF3N. The predicted octanol–water partition coefficient (Wildman–Crippen LogP) is 5.04. The number of hydrogen-bond acceptors (Lipinski definition) is 0. The van der Waals surface area contributed by atoms with Crippen LogP contribution < -0.4 is 0 Å². The monoisotopic (exact) mass is 311 g/mol. The van der Waals surface area contributed by atoms with Crippen LogP contribution >= 0.6 is 11.6 Å². The molecule has 21 heavy (non-hydrogen) atoms. The van der Waals surface area contributed by atoms with Crippen LogP contribution in [0.1, 0.15) is 23.2 Å². The summed E-state index contributed by atoms with van der Waals surface area (Å²) in [6, 6.07) is 4.17. The second-order valence-electron chi connectivity index (χ2n) is 5.24. The number of benzene rings is 1. The quantitative estimate of drug-likeness (QED) is 0.732. The lowest BCUT2D eigenvalue weighted by atomic mass is 9.92. The van der Waals surface area contributed by atoms with Gasteiger partial charge >= 0.3 is 0 Å². The Morgan fingerprint density at radius 1 is 1.29 bits per heavy atom. The first kappa shape index (κ1) is 14.3. The molecule has 0 saturated heterocycles. The summed E-state index contributed by atoms with van der Waals surface area (Å²) < 4.78 is 42.5. The van der Waals surface area contributed by atoms with Gasteiger partial charge in [-0.1, -0.05) is 24.3 Å². The molecule has 1 nitrogen and oxygen atoms in total. The van der Waals surface area contributed by atoms with Gasteiger partial charge in [-0.15, -0.1) is 0 Å². The molecule has 2 aromatic rings. The van der Waals surface area contributed by atoms with Gasteiger partial charge in [0.05, 0.1) is 0 Å². The molecule has 1 aromatic heterocycles. The van der Waals surface area contributed by atoms with Gasteiger partial charge < -0.3 is 4.57 Å². The minimum atomic E-state index is -2.70. The highest BCUT2D eigenvalue weighted by molar-refractivity contribution is 6.30. The lowest BCUT2D eigenvalue weighted by molar-refractivity contribution is -0.0127. The third kappa shape index (κ3) is 2.60. The first-order valence-corrected chi connectivity index (χ1v) is 6.97. The fraction of sp³-hybridized carbons (Fsp3) is 0.250. The molecule has 110 valence electrons. The van der Waals surface area contributed by atoms with E-state index >= 15 is 0 Å². The summed E-state index contributed by atoms with van der Waals surface area (Å²) in [5.41, 5.74) is 2.55. The number of fused-ring (bicyclic) bond motifs is 1. The second kappa shape index (κ2) is 4.95. The van der Waals surface area contributed by atoms with E-state index in [-0.39, 0.29) is 24.3 Å².